The predicted molar refractivity (Wildman–Crippen MR) is 68.7 cm³/mol. The molecular formula is C13H17N3O2. The van der Waals surface area contributed by atoms with E-state index in [1.54, 1.807) is 6.20 Å². The quantitative estimate of drug-likeness (QED) is 0.880. The second-order valence-electron chi connectivity index (χ2n) is 3.94. The van der Waals surface area contributed by atoms with E-state index in [1.165, 1.54) is 0 Å². The average molecular weight is 247 g/mol. The topological polar surface area (TPSA) is 60.2 Å². The van der Waals surface area contributed by atoms with Crippen LogP contribution in [0.4, 0.5) is 5.82 Å². The SMILES string of the molecule is CCOc1cccnc1NCc1c(C)noc1C. The summed E-state index contributed by atoms with van der Waals surface area (Å²) < 4.78 is 10.6. The van der Waals surface area contributed by atoms with E-state index >= 15 is 0 Å². The fraction of sp³-hybridized carbons (Fsp3) is 0.385. The number of aryl methyl sites for hydroxylation is 2. The summed E-state index contributed by atoms with van der Waals surface area (Å²) in [5.41, 5.74) is 1.96. The fourth-order valence-corrected chi connectivity index (χ4v) is 1.72. The Morgan fingerprint density at radius 1 is 1.39 bits per heavy atom. The first kappa shape index (κ1) is 12.4. The van der Waals surface area contributed by atoms with E-state index in [0.717, 1.165) is 28.6 Å². The van der Waals surface area contributed by atoms with Crippen LogP contribution in [0.1, 0.15) is 23.9 Å². The second kappa shape index (κ2) is 5.53. The van der Waals surface area contributed by atoms with Gasteiger partial charge in [0.15, 0.2) is 11.6 Å². The molecule has 0 aliphatic carbocycles. The maximum atomic E-state index is 5.50. The van der Waals surface area contributed by atoms with Crippen LogP contribution in [0.25, 0.3) is 0 Å². The van der Waals surface area contributed by atoms with Gasteiger partial charge in [0.1, 0.15) is 5.76 Å². The summed E-state index contributed by atoms with van der Waals surface area (Å²) in [5, 5.41) is 7.17. The molecule has 2 aromatic heterocycles. The Bertz CT molecular complexity index is 503. The van der Waals surface area contributed by atoms with Crippen LogP contribution in [0.5, 0.6) is 5.75 Å². The molecule has 5 nitrogen and oxygen atoms in total. The molecule has 0 bridgehead atoms. The van der Waals surface area contributed by atoms with Gasteiger partial charge in [0, 0.05) is 18.3 Å². The first-order valence-corrected chi connectivity index (χ1v) is 5.95. The van der Waals surface area contributed by atoms with E-state index in [2.05, 4.69) is 15.5 Å². The lowest BCUT2D eigenvalue weighted by Crippen LogP contribution is -2.05. The molecule has 0 radical (unpaired) electrons. The van der Waals surface area contributed by atoms with Gasteiger partial charge < -0.3 is 14.6 Å². The summed E-state index contributed by atoms with van der Waals surface area (Å²) in [7, 11) is 0. The monoisotopic (exact) mass is 247 g/mol. The number of anilines is 1. The highest BCUT2D eigenvalue weighted by molar-refractivity contribution is 5.50. The van der Waals surface area contributed by atoms with Gasteiger partial charge in [0.2, 0.25) is 0 Å². The number of hydrogen-bond acceptors (Lipinski definition) is 5. The highest BCUT2D eigenvalue weighted by Crippen LogP contribution is 2.22. The van der Waals surface area contributed by atoms with Gasteiger partial charge in [-0.25, -0.2) is 4.98 Å². The molecule has 5 heteroatoms. The van der Waals surface area contributed by atoms with Crippen LogP contribution >= 0.6 is 0 Å². The van der Waals surface area contributed by atoms with Crippen LogP contribution in [-0.4, -0.2) is 16.7 Å². The van der Waals surface area contributed by atoms with Crippen LogP contribution in [0.15, 0.2) is 22.9 Å². The second-order valence-corrected chi connectivity index (χ2v) is 3.94. The number of ether oxygens (including phenoxy) is 1. The lowest BCUT2D eigenvalue weighted by molar-refractivity contribution is 0.340. The summed E-state index contributed by atoms with van der Waals surface area (Å²) >= 11 is 0. The molecule has 0 amide bonds. The van der Waals surface area contributed by atoms with Crippen LogP contribution in [0.2, 0.25) is 0 Å². The van der Waals surface area contributed by atoms with Crippen molar-refractivity contribution in [3.8, 4) is 5.75 Å². The Morgan fingerprint density at radius 2 is 2.22 bits per heavy atom. The fourth-order valence-electron chi connectivity index (χ4n) is 1.72. The third-order valence-electron chi connectivity index (χ3n) is 2.68. The van der Waals surface area contributed by atoms with E-state index in [0.29, 0.717) is 13.2 Å². The Balaban J connectivity index is 2.11. The maximum absolute atomic E-state index is 5.50. The standard InChI is InChI=1S/C13H17N3O2/c1-4-17-12-6-5-7-14-13(12)15-8-11-9(2)16-18-10(11)3/h5-7H,4,8H2,1-3H3,(H,14,15). The number of nitrogens with one attached hydrogen (secondary N) is 1. The average Bonchev–Trinajstić information content (AvgIpc) is 2.69. The summed E-state index contributed by atoms with van der Waals surface area (Å²) in [4.78, 5) is 4.27. The van der Waals surface area contributed by atoms with E-state index in [4.69, 9.17) is 9.26 Å². The summed E-state index contributed by atoms with van der Waals surface area (Å²) in [6.07, 6.45) is 1.73. The van der Waals surface area contributed by atoms with Gasteiger partial charge in [-0.2, -0.15) is 0 Å². The molecular weight excluding hydrogens is 230 g/mol. The minimum absolute atomic E-state index is 0.617. The van der Waals surface area contributed by atoms with Crippen molar-refractivity contribution in [2.24, 2.45) is 0 Å². The molecule has 0 unspecified atom stereocenters. The van der Waals surface area contributed by atoms with Gasteiger partial charge >= 0.3 is 0 Å². The molecule has 0 fully saturated rings. The molecule has 2 heterocycles. The van der Waals surface area contributed by atoms with Gasteiger partial charge in [-0.1, -0.05) is 5.16 Å². The summed E-state index contributed by atoms with van der Waals surface area (Å²) in [6, 6.07) is 3.75. The molecule has 0 aromatic carbocycles. The predicted octanol–water partition coefficient (Wildman–Crippen LogP) is 2.70. The Kier molecular flexibility index (Phi) is 3.82. The Hall–Kier alpha value is -2.04. The summed E-state index contributed by atoms with van der Waals surface area (Å²) in [5.74, 6) is 2.32. The van der Waals surface area contributed by atoms with Gasteiger partial charge in [0.25, 0.3) is 0 Å². The summed E-state index contributed by atoms with van der Waals surface area (Å²) in [6.45, 7) is 7.02. The van der Waals surface area contributed by atoms with E-state index in [-0.39, 0.29) is 0 Å². The molecule has 0 saturated heterocycles. The third-order valence-corrected chi connectivity index (χ3v) is 2.68. The molecule has 0 atom stereocenters. The van der Waals surface area contributed by atoms with E-state index < -0.39 is 0 Å². The van der Waals surface area contributed by atoms with Gasteiger partial charge in [-0.05, 0) is 32.9 Å². The normalized spacial score (nSPS) is 10.4. The van der Waals surface area contributed by atoms with Crippen molar-refractivity contribution < 1.29 is 9.26 Å². The van der Waals surface area contributed by atoms with Crippen molar-refractivity contribution in [1.82, 2.24) is 10.1 Å². The highest BCUT2D eigenvalue weighted by atomic mass is 16.5. The van der Waals surface area contributed by atoms with Crippen molar-refractivity contribution in [2.45, 2.75) is 27.3 Å². The number of pyridine rings is 1. The Morgan fingerprint density at radius 3 is 2.89 bits per heavy atom. The van der Waals surface area contributed by atoms with Crippen molar-refractivity contribution in [3.63, 3.8) is 0 Å². The van der Waals surface area contributed by atoms with Crippen molar-refractivity contribution in [3.05, 3.63) is 35.3 Å². The number of nitrogens with zero attached hydrogens (tertiary/aromatic N) is 2. The van der Waals surface area contributed by atoms with Crippen LogP contribution < -0.4 is 10.1 Å². The maximum Gasteiger partial charge on any atom is 0.169 e. The highest BCUT2D eigenvalue weighted by Gasteiger charge is 2.10. The van der Waals surface area contributed by atoms with Crippen LogP contribution in [-0.2, 0) is 6.54 Å². The van der Waals surface area contributed by atoms with Crippen molar-refractivity contribution >= 4 is 5.82 Å². The van der Waals surface area contributed by atoms with Gasteiger partial charge in [-0.15, -0.1) is 0 Å². The zero-order valence-electron chi connectivity index (χ0n) is 10.9. The molecule has 2 aromatic rings. The minimum atomic E-state index is 0.617. The molecule has 96 valence electrons. The van der Waals surface area contributed by atoms with Gasteiger partial charge in [0.05, 0.1) is 12.3 Å². The van der Waals surface area contributed by atoms with Crippen molar-refractivity contribution in [1.29, 1.82) is 0 Å². The molecule has 2 rings (SSSR count). The van der Waals surface area contributed by atoms with E-state index in [1.807, 2.05) is 32.9 Å². The third kappa shape index (κ3) is 2.61. The molecule has 0 aliphatic rings. The first-order valence-electron chi connectivity index (χ1n) is 5.95. The molecule has 18 heavy (non-hydrogen) atoms. The van der Waals surface area contributed by atoms with Gasteiger partial charge in [-0.3, -0.25) is 0 Å². The zero-order valence-corrected chi connectivity index (χ0v) is 10.9. The number of hydrogen-bond donors (Lipinski definition) is 1. The lowest BCUT2D eigenvalue weighted by Gasteiger charge is -2.10. The molecule has 0 spiro atoms. The largest absolute Gasteiger partial charge is 0.490 e. The number of aromatic nitrogens is 2. The Labute approximate surface area is 106 Å². The smallest absolute Gasteiger partial charge is 0.169 e. The minimum Gasteiger partial charge on any atom is -0.490 e. The van der Waals surface area contributed by atoms with E-state index in [9.17, 15) is 0 Å². The zero-order chi connectivity index (χ0) is 13.0. The molecule has 1 N–H and O–H groups in total. The lowest BCUT2D eigenvalue weighted by atomic mass is 10.2. The molecule has 0 saturated carbocycles. The van der Waals surface area contributed by atoms with Crippen LogP contribution in [0, 0.1) is 13.8 Å². The molecule has 0 aliphatic heterocycles. The number of rotatable bonds is 5. The van der Waals surface area contributed by atoms with Crippen molar-refractivity contribution in [2.75, 3.05) is 11.9 Å². The first-order chi connectivity index (χ1) is 8.72. The van der Waals surface area contributed by atoms with Crippen LogP contribution in [0.3, 0.4) is 0 Å².